The molecule has 0 unspecified atom stereocenters. The largest absolute Gasteiger partial charge is 0.294 e. The molecule has 0 aliphatic heterocycles. The Bertz CT molecular complexity index is 965. The second kappa shape index (κ2) is 18.0. The first-order chi connectivity index (χ1) is 17.5. The van der Waals surface area contributed by atoms with Crippen molar-refractivity contribution in [2.24, 2.45) is 0 Å². The maximum atomic E-state index is 12.1. The van der Waals surface area contributed by atoms with E-state index >= 15 is 0 Å². The Hall–Kier alpha value is -1.39. The smallest absolute Gasteiger partial charge is 0.282 e. The van der Waals surface area contributed by atoms with E-state index in [0.717, 1.165) is 35.6 Å². The van der Waals surface area contributed by atoms with Crippen molar-refractivity contribution < 1.29 is 13.0 Å². The fraction of sp³-hybridized carbons (Fsp3) is 0.688. The lowest BCUT2D eigenvalue weighted by atomic mass is 9.98. The van der Waals surface area contributed by atoms with E-state index < -0.39 is 10.1 Å². The Morgan fingerprint density at radius 2 is 1.03 bits per heavy atom. The molecule has 0 bridgehead atoms. The van der Waals surface area contributed by atoms with Crippen LogP contribution < -0.4 is 0 Å². The van der Waals surface area contributed by atoms with E-state index in [1.807, 2.05) is 12.1 Å². The first-order valence-electron chi connectivity index (χ1n) is 15.0. The summed E-state index contributed by atoms with van der Waals surface area (Å²) in [4.78, 5) is 0.0845. The summed E-state index contributed by atoms with van der Waals surface area (Å²) in [5, 5.41) is 1.97. The molecular formula is C32H52O3S. The van der Waals surface area contributed by atoms with Crippen molar-refractivity contribution in [3.8, 4) is 0 Å². The molecule has 0 radical (unpaired) electrons. The fourth-order valence-corrected chi connectivity index (χ4v) is 6.00. The van der Waals surface area contributed by atoms with Crippen LogP contribution in [-0.2, 0) is 23.0 Å². The molecule has 0 aliphatic rings. The summed E-state index contributed by atoms with van der Waals surface area (Å²) >= 11 is 0. The molecule has 0 fully saturated rings. The van der Waals surface area contributed by atoms with Gasteiger partial charge in [-0.05, 0) is 59.7 Å². The average molecular weight is 517 g/mol. The summed E-state index contributed by atoms with van der Waals surface area (Å²) in [5.74, 6) is 0. The normalized spacial score (nSPS) is 12.0. The van der Waals surface area contributed by atoms with E-state index in [1.54, 1.807) is 6.07 Å². The maximum Gasteiger partial charge on any atom is 0.294 e. The Morgan fingerprint density at radius 3 is 1.53 bits per heavy atom. The Balaban J connectivity index is 1.86. The highest BCUT2D eigenvalue weighted by atomic mass is 32.2. The summed E-state index contributed by atoms with van der Waals surface area (Å²) in [6.45, 7) is 4.51. The van der Waals surface area contributed by atoms with E-state index in [-0.39, 0.29) is 4.90 Å². The zero-order chi connectivity index (χ0) is 26.1. The van der Waals surface area contributed by atoms with Gasteiger partial charge >= 0.3 is 0 Å². The highest BCUT2D eigenvalue weighted by molar-refractivity contribution is 7.85. The molecule has 0 heterocycles. The summed E-state index contributed by atoms with van der Waals surface area (Å²) < 4.78 is 34.0. The first kappa shape index (κ1) is 30.8. The zero-order valence-electron chi connectivity index (χ0n) is 23.2. The third-order valence-corrected chi connectivity index (χ3v) is 8.42. The van der Waals surface area contributed by atoms with Gasteiger partial charge in [0.2, 0.25) is 0 Å². The van der Waals surface area contributed by atoms with Crippen molar-refractivity contribution in [3.05, 3.63) is 41.5 Å². The molecule has 1 N–H and O–H groups in total. The lowest BCUT2D eigenvalue weighted by Crippen LogP contribution is -2.04. The minimum absolute atomic E-state index is 0.0845. The number of aryl methyl sites for hydroxylation is 2. The number of fused-ring (bicyclic) bond motifs is 1. The average Bonchev–Trinajstić information content (AvgIpc) is 2.85. The van der Waals surface area contributed by atoms with Crippen molar-refractivity contribution in [2.45, 2.75) is 147 Å². The first-order valence-corrected chi connectivity index (χ1v) is 16.4. The van der Waals surface area contributed by atoms with Crippen molar-refractivity contribution >= 4 is 20.9 Å². The molecular weight excluding hydrogens is 464 g/mol. The third-order valence-electron chi connectivity index (χ3n) is 7.48. The summed E-state index contributed by atoms with van der Waals surface area (Å²) in [6.07, 6.45) is 24.8. The van der Waals surface area contributed by atoms with Gasteiger partial charge in [-0.3, -0.25) is 4.55 Å². The van der Waals surface area contributed by atoms with Crippen LogP contribution >= 0.6 is 0 Å². The van der Waals surface area contributed by atoms with Crippen LogP contribution in [0.1, 0.15) is 141 Å². The molecule has 2 aromatic rings. The molecule has 0 saturated carbocycles. The molecule has 0 atom stereocenters. The Kier molecular flexibility index (Phi) is 15.4. The second-order valence-electron chi connectivity index (χ2n) is 10.8. The lowest BCUT2D eigenvalue weighted by molar-refractivity contribution is 0.481. The second-order valence-corrected chi connectivity index (χ2v) is 12.2. The number of hydrogen-bond donors (Lipinski definition) is 1. The molecule has 0 saturated heterocycles. The monoisotopic (exact) mass is 516 g/mol. The van der Waals surface area contributed by atoms with Gasteiger partial charge in [-0.25, -0.2) is 0 Å². The predicted octanol–water partition coefficient (Wildman–Crippen LogP) is 10.2. The van der Waals surface area contributed by atoms with Crippen LogP contribution in [0.25, 0.3) is 10.8 Å². The molecule has 3 nitrogen and oxygen atoms in total. The van der Waals surface area contributed by atoms with Crippen molar-refractivity contribution in [3.63, 3.8) is 0 Å². The van der Waals surface area contributed by atoms with Gasteiger partial charge in [0.05, 0.1) is 4.90 Å². The molecule has 4 heteroatoms. The van der Waals surface area contributed by atoms with Crippen LogP contribution in [0, 0.1) is 0 Å². The lowest BCUT2D eigenvalue weighted by Gasteiger charge is -2.11. The summed E-state index contributed by atoms with van der Waals surface area (Å²) in [7, 11) is -4.23. The van der Waals surface area contributed by atoms with Crippen LogP contribution in [0.3, 0.4) is 0 Å². The van der Waals surface area contributed by atoms with Crippen LogP contribution in [0.4, 0.5) is 0 Å². The minimum Gasteiger partial charge on any atom is -0.282 e. The highest BCUT2D eigenvalue weighted by Gasteiger charge is 2.16. The summed E-state index contributed by atoms with van der Waals surface area (Å²) in [5.41, 5.74) is 2.08. The van der Waals surface area contributed by atoms with E-state index in [4.69, 9.17) is 0 Å². The third kappa shape index (κ3) is 12.2. The molecule has 204 valence electrons. The standard InChI is InChI=1S/C32H52O3S/c1-3-5-7-9-11-13-15-17-19-21-28-23-24-29-27-32(36(33,34)35)30(26-31(29)25-28)22-20-18-16-14-12-10-8-6-4-2/h23-27H,3-22H2,1-2H3,(H,33,34,35). The van der Waals surface area contributed by atoms with E-state index in [2.05, 4.69) is 26.0 Å². The van der Waals surface area contributed by atoms with Crippen molar-refractivity contribution in [1.82, 2.24) is 0 Å². The van der Waals surface area contributed by atoms with Crippen LogP contribution in [0.15, 0.2) is 35.2 Å². The van der Waals surface area contributed by atoms with Crippen molar-refractivity contribution in [2.75, 3.05) is 0 Å². The molecule has 0 spiro atoms. The fourth-order valence-electron chi connectivity index (χ4n) is 5.23. The van der Waals surface area contributed by atoms with Crippen LogP contribution in [-0.4, -0.2) is 13.0 Å². The van der Waals surface area contributed by atoms with Gasteiger partial charge in [-0.2, -0.15) is 8.42 Å². The van der Waals surface area contributed by atoms with E-state index in [9.17, 15) is 13.0 Å². The van der Waals surface area contributed by atoms with E-state index in [1.165, 1.54) is 108 Å². The minimum atomic E-state index is -4.23. The highest BCUT2D eigenvalue weighted by Crippen LogP contribution is 2.27. The molecule has 36 heavy (non-hydrogen) atoms. The zero-order valence-corrected chi connectivity index (χ0v) is 24.0. The molecule has 2 rings (SSSR count). The maximum absolute atomic E-state index is 12.1. The quantitative estimate of drug-likeness (QED) is 0.133. The SMILES string of the molecule is CCCCCCCCCCCc1ccc2cc(S(=O)(=O)O)c(CCCCCCCCCCC)cc2c1. The molecule has 2 aromatic carbocycles. The van der Waals surface area contributed by atoms with Gasteiger partial charge in [-0.1, -0.05) is 135 Å². The van der Waals surface area contributed by atoms with Gasteiger partial charge in [0.1, 0.15) is 0 Å². The predicted molar refractivity (Wildman–Crippen MR) is 156 cm³/mol. The number of hydrogen-bond acceptors (Lipinski definition) is 2. The van der Waals surface area contributed by atoms with Gasteiger partial charge in [0.15, 0.2) is 0 Å². The summed E-state index contributed by atoms with van der Waals surface area (Å²) in [6, 6.07) is 10.0. The van der Waals surface area contributed by atoms with Gasteiger partial charge < -0.3 is 0 Å². The molecule has 0 amide bonds. The Morgan fingerprint density at radius 1 is 0.556 bits per heavy atom. The van der Waals surface area contributed by atoms with Gasteiger partial charge in [0, 0.05) is 0 Å². The van der Waals surface area contributed by atoms with Crippen LogP contribution in [0.5, 0.6) is 0 Å². The topological polar surface area (TPSA) is 54.4 Å². The number of unbranched alkanes of at least 4 members (excludes halogenated alkanes) is 16. The van der Waals surface area contributed by atoms with E-state index in [0.29, 0.717) is 6.42 Å². The van der Waals surface area contributed by atoms with Gasteiger partial charge in [-0.15, -0.1) is 0 Å². The van der Waals surface area contributed by atoms with Gasteiger partial charge in [0.25, 0.3) is 10.1 Å². The number of benzene rings is 2. The van der Waals surface area contributed by atoms with Crippen molar-refractivity contribution in [1.29, 1.82) is 0 Å². The van der Waals surface area contributed by atoms with Crippen LogP contribution in [0.2, 0.25) is 0 Å². The molecule has 0 aliphatic carbocycles. The number of rotatable bonds is 21. The Labute approximate surface area is 222 Å². The molecule has 0 aromatic heterocycles.